The first-order valence-corrected chi connectivity index (χ1v) is 9.37. The van der Waals surface area contributed by atoms with Gasteiger partial charge in [-0.1, -0.05) is 18.2 Å². The molecular weight excluding hydrogens is 344 g/mol. The number of amides is 2. The Morgan fingerprint density at radius 3 is 2.63 bits per heavy atom. The number of benzene rings is 1. The summed E-state index contributed by atoms with van der Waals surface area (Å²) < 4.78 is 7.57. The van der Waals surface area contributed by atoms with Crippen LogP contribution in [0.15, 0.2) is 36.7 Å². The van der Waals surface area contributed by atoms with Gasteiger partial charge < -0.3 is 19.1 Å². The SMILES string of the molecule is CCN1CC2(CCN(C(=O)c3ccccc3-c3nccn3C)CC2)OC1=O. The topological polar surface area (TPSA) is 67.7 Å². The maximum absolute atomic E-state index is 13.2. The summed E-state index contributed by atoms with van der Waals surface area (Å²) in [6.07, 6.45) is 4.71. The molecule has 4 rings (SSSR count). The minimum atomic E-state index is -0.441. The fourth-order valence-electron chi connectivity index (χ4n) is 3.97. The fourth-order valence-corrected chi connectivity index (χ4v) is 3.97. The Balaban J connectivity index is 1.51. The number of likely N-dealkylation sites (N-methyl/N-ethyl adjacent to an activating group) is 1. The number of piperidine rings is 1. The Labute approximate surface area is 158 Å². The predicted molar refractivity (Wildman–Crippen MR) is 100 cm³/mol. The summed E-state index contributed by atoms with van der Waals surface area (Å²) in [6, 6.07) is 7.58. The second kappa shape index (κ2) is 6.72. The summed E-state index contributed by atoms with van der Waals surface area (Å²) in [4.78, 5) is 33.1. The van der Waals surface area contributed by atoms with E-state index in [1.165, 1.54) is 0 Å². The van der Waals surface area contributed by atoms with Gasteiger partial charge in [-0.2, -0.15) is 0 Å². The number of hydrogen-bond acceptors (Lipinski definition) is 4. The van der Waals surface area contributed by atoms with Crippen LogP contribution in [0.2, 0.25) is 0 Å². The first-order valence-electron chi connectivity index (χ1n) is 9.37. The molecule has 0 N–H and O–H groups in total. The Hall–Kier alpha value is -2.83. The zero-order chi connectivity index (χ0) is 19.0. The normalized spacial score (nSPS) is 18.8. The van der Waals surface area contributed by atoms with Crippen LogP contribution in [-0.2, 0) is 11.8 Å². The molecule has 1 aromatic carbocycles. The minimum absolute atomic E-state index is 0.000112. The molecule has 142 valence electrons. The summed E-state index contributed by atoms with van der Waals surface area (Å²) >= 11 is 0. The second-order valence-corrected chi connectivity index (χ2v) is 7.26. The van der Waals surface area contributed by atoms with Gasteiger partial charge in [-0.05, 0) is 13.0 Å². The summed E-state index contributed by atoms with van der Waals surface area (Å²) in [7, 11) is 1.92. The molecule has 27 heavy (non-hydrogen) atoms. The van der Waals surface area contributed by atoms with Gasteiger partial charge >= 0.3 is 6.09 Å². The van der Waals surface area contributed by atoms with Crippen LogP contribution in [0.25, 0.3) is 11.4 Å². The molecule has 2 saturated heterocycles. The molecule has 0 radical (unpaired) electrons. The van der Waals surface area contributed by atoms with E-state index in [4.69, 9.17) is 4.74 Å². The monoisotopic (exact) mass is 368 g/mol. The van der Waals surface area contributed by atoms with Crippen LogP contribution < -0.4 is 0 Å². The summed E-state index contributed by atoms with van der Waals surface area (Å²) in [5.41, 5.74) is 1.05. The Bertz CT molecular complexity index is 868. The Kier molecular flexibility index (Phi) is 4.37. The van der Waals surface area contributed by atoms with Crippen LogP contribution in [-0.4, -0.2) is 63.1 Å². The van der Waals surface area contributed by atoms with Gasteiger partial charge in [-0.3, -0.25) is 4.79 Å². The van der Waals surface area contributed by atoms with E-state index in [2.05, 4.69) is 4.98 Å². The number of likely N-dealkylation sites (tertiary alicyclic amines) is 1. The standard InChI is InChI=1S/C20H24N4O3/c1-3-23-14-20(27-19(23)26)8-11-24(12-9-20)18(25)16-7-5-4-6-15(16)17-21-10-13-22(17)2/h4-7,10,13H,3,8-9,11-12,14H2,1-2H3. The van der Waals surface area contributed by atoms with Gasteiger partial charge in [0.1, 0.15) is 11.4 Å². The predicted octanol–water partition coefficient (Wildman–Crippen LogP) is 2.53. The van der Waals surface area contributed by atoms with Crippen molar-refractivity contribution in [2.24, 2.45) is 7.05 Å². The lowest BCUT2D eigenvalue weighted by Crippen LogP contribution is -2.48. The lowest BCUT2D eigenvalue weighted by Gasteiger charge is -2.37. The van der Waals surface area contributed by atoms with E-state index in [1.54, 1.807) is 11.1 Å². The average Bonchev–Trinajstić information content (AvgIpc) is 3.24. The van der Waals surface area contributed by atoms with E-state index in [0.717, 1.165) is 11.4 Å². The zero-order valence-corrected chi connectivity index (χ0v) is 15.7. The maximum atomic E-state index is 13.2. The molecular formula is C20H24N4O3. The van der Waals surface area contributed by atoms with Crippen molar-refractivity contribution in [1.29, 1.82) is 0 Å². The third-order valence-corrected chi connectivity index (χ3v) is 5.60. The van der Waals surface area contributed by atoms with Crippen molar-refractivity contribution in [2.45, 2.75) is 25.4 Å². The average molecular weight is 368 g/mol. The Morgan fingerprint density at radius 1 is 1.26 bits per heavy atom. The number of ether oxygens (including phenoxy) is 1. The van der Waals surface area contributed by atoms with Crippen LogP contribution in [0.4, 0.5) is 4.79 Å². The number of aryl methyl sites for hydroxylation is 1. The molecule has 1 aromatic heterocycles. The molecule has 2 fully saturated rings. The first-order chi connectivity index (χ1) is 13.0. The van der Waals surface area contributed by atoms with Crippen molar-refractivity contribution in [3.63, 3.8) is 0 Å². The molecule has 0 bridgehead atoms. The summed E-state index contributed by atoms with van der Waals surface area (Å²) in [5.74, 6) is 0.774. The van der Waals surface area contributed by atoms with Crippen molar-refractivity contribution < 1.29 is 14.3 Å². The van der Waals surface area contributed by atoms with E-state index < -0.39 is 5.60 Å². The minimum Gasteiger partial charge on any atom is -0.441 e. The van der Waals surface area contributed by atoms with Crippen LogP contribution >= 0.6 is 0 Å². The van der Waals surface area contributed by atoms with Crippen LogP contribution in [0.3, 0.4) is 0 Å². The van der Waals surface area contributed by atoms with Gasteiger partial charge in [-0.15, -0.1) is 0 Å². The van der Waals surface area contributed by atoms with Crippen LogP contribution in [0.1, 0.15) is 30.1 Å². The van der Waals surface area contributed by atoms with Gasteiger partial charge in [-0.25, -0.2) is 9.78 Å². The number of nitrogens with zero attached hydrogens (tertiary/aromatic N) is 4. The molecule has 7 heteroatoms. The van der Waals surface area contributed by atoms with Gasteiger partial charge in [0.2, 0.25) is 0 Å². The molecule has 1 spiro atoms. The molecule has 3 heterocycles. The highest BCUT2D eigenvalue weighted by atomic mass is 16.6. The number of carbonyl (C=O) groups excluding carboxylic acids is 2. The number of imidazole rings is 1. The third-order valence-electron chi connectivity index (χ3n) is 5.60. The molecule has 2 aliphatic heterocycles. The van der Waals surface area contributed by atoms with E-state index in [0.29, 0.717) is 44.6 Å². The fraction of sp³-hybridized carbons (Fsp3) is 0.450. The molecule has 2 aromatic rings. The van der Waals surface area contributed by atoms with Crippen molar-refractivity contribution in [3.05, 3.63) is 42.2 Å². The van der Waals surface area contributed by atoms with E-state index in [1.807, 2.05) is 53.9 Å². The highest BCUT2D eigenvalue weighted by molar-refractivity contribution is 6.00. The van der Waals surface area contributed by atoms with Crippen LogP contribution in [0, 0.1) is 0 Å². The maximum Gasteiger partial charge on any atom is 0.410 e. The first kappa shape index (κ1) is 17.6. The number of aromatic nitrogens is 2. The van der Waals surface area contributed by atoms with Crippen LogP contribution in [0.5, 0.6) is 0 Å². The highest BCUT2D eigenvalue weighted by Gasteiger charge is 2.47. The largest absolute Gasteiger partial charge is 0.441 e. The van der Waals surface area contributed by atoms with Crippen molar-refractivity contribution in [1.82, 2.24) is 19.4 Å². The quantitative estimate of drug-likeness (QED) is 0.835. The lowest BCUT2D eigenvalue weighted by atomic mass is 9.90. The summed E-state index contributed by atoms with van der Waals surface area (Å²) in [6.45, 7) is 4.39. The third kappa shape index (κ3) is 3.07. The molecule has 2 amide bonds. The number of rotatable bonds is 3. The summed E-state index contributed by atoms with van der Waals surface area (Å²) in [5, 5.41) is 0. The van der Waals surface area contributed by atoms with E-state index in [9.17, 15) is 9.59 Å². The van der Waals surface area contributed by atoms with E-state index in [-0.39, 0.29) is 12.0 Å². The zero-order valence-electron chi connectivity index (χ0n) is 15.7. The van der Waals surface area contributed by atoms with Crippen molar-refractivity contribution >= 4 is 12.0 Å². The molecule has 0 atom stereocenters. The van der Waals surface area contributed by atoms with Gasteiger partial charge in [0.25, 0.3) is 5.91 Å². The van der Waals surface area contributed by atoms with E-state index >= 15 is 0 Å². The molecule has 7 nitrogen and oxygen atoms in total. The van der Waals surface area contributed by atoms with Crippen molar-refractivity contribution in [3.8, 4) is 11.4 Å². The molecule has 0 aliphatic carbocycles. The van der Waals surface area contributed by atoms with Gasteiger partial charge in [0, 0.05) is 57.5 Å². The number of hydrogen-bond donors (Lipinski definition) is 0. The second-order valence-electron chi connectivity index (χ2n) is 7.26. The van der Waals surface area contributed by atoms with Gasteiger partial charge in [0.05, 0.1) is 12.1 Å². The molecule has 2 aliphatic rings. The van der Waals surface area contributed by atoms with Gasteiger partial charge in [0.15, 0.2) is 0 Å². The molecule has 0 saturated carbocycles. The Morgan fingerprint density at radius 2 is 2.00 bits per heavy atom. The lowest BCUT2D eigenvalue weighted by molar-refractivity contribution is 0.00316. The highest BCUT2D eigenvalue weighted by Crippen LogP contribution is 2.34. The number of carbonyl (C=O) groups is 2. The smallest absolute Gasteiger partial charge is 0.410 e. The van der Waals surface area contributed by atoms with Crippen molar-refractivity contribution in [2.75, 3.05) is 26.2 Å². The molecule has 0 unspecified atom stereocenters.